The predicted molar refractivity (Wildman–Crippen MR) is 76.9 cm³/mol. The fourth-order valence-electron chi connectivity index (χ4n) is 1.72. The molecule has 0 aliphatic carbocycles. The highest BCUT2D eigenvalue weighted by Crippen LogP contribution is 2.18. The Bertz CT molecular complexity index is 579. The van der Waals surface area contributed by atoms with Crippen LogP contribution in [0.3, 0.4) is 0 Å². The molecule has 0 aliphatic heterocycles. The van der Waals surface area contributed by atoms with Crippen LogP contribution < -0.4 is 10.6 Å². The van der Waals surface area contributed by atoms with Crippen molar-refractivity contribution < 1.29 is 9.32 Å². The second-order valence-corrected chi connectivity index (χ2v) is 4.72. The Hall–Kier alpha value is -2.37. The number of hydrogen-bond acceptors (Lipinski definition) is 5. The van der Waals surface area contributed by atoms with Crippen molar-refractivity contribution in [2.24, 2.45) is 0 Å². The summed E-state index contributed by atoms with van der Waals surface area (Å²) in [7, 11) is 0. The van der Waals surface area contributed by atoms with Crippen LogP contribution in [0.4, 0.5) is 11.5 Å². The van der Waals surface area contributed by atoms with Gasteiger partial charge in [0.25, 0.3) is 5.91 Å². The maximum Gasteiger partial charge on any atom is 0.255 e. The standard InChI is InChI=1S/C14H18N4O2/c1-4-15-13-6-10(5-12(18-13)9(2)3)14(19)17-11-7-16-20-8-11/h5-9H,4H2,1-3H3,(H,15,18)(H,17,19). The number of aromatic nitrogens is 2. The average molecular weight is 274 g/mol. The van der Waals surface area contributed by atoms with Gasteiger partial charge in [-0.3, -0.25) is 4.79 Å². The summed E-state index contributed by atoms with van der Waals surface area (Å²) in [5.74, 6) is 0.738. The molecule has 2 aromatic rings. The smallest absolute Gasteiger partial charge is 0.255 e. The minimum absolute atomic E-state index is 0.211. The Morgan fingerprint density at radius 1 is 1.40 bits per heavy atom. The van der Waals surface area contributed by atoms with Crippen molar-refractivity contribution in [3.8, 4) is 0 Å². The third-order valence-corrected chi connectivity index (χ3v) is 2.75. The molecule has 2 rings (SSSR count). The molecule has 6 nitrogen and oxygen atoms in total. The van der Waals surface area contributed by atoms with E-state index in [4.69, 9.17) is 0 Å². The van der Waals surface area contributed by atoms with Crippen LogP contribution in [0.15, 0.2) is 29.1 Å². The second-order valence-electron chi connectivity index (χ2n) is 4.72. The highest BCUT2D eigenvalue weighted by atomic mass is 16.5. The fraction of sp³-hybridized carbons (Fsp3) is 0.357. The highest BCUT2D eigenvalue weighted by Gasteiger charge is 2.12. The lowest BCUT2D eigenvalue weighted by molar-refractivity contribution is 0.102. The van der Waals surface area contributed by atoms with Crippen molar-refractivity contribution in [3.05, 3.63) is 35.9 Å². The fourth-order valence-corrected chi connectivity index (χ4v) is 1.72. The predicted octanol–water partition coefficient (Wildman–Crippen LogP) is 2.88. The summed E-state index contributed by atoms with van der Waals surface area (Å²) in [5.41, 5.74) is 1.96. The molecule has 0 atom stereocenters. The van der Waals surface area contributed by atoms with Gasteiger partial charge < -0.3 is 15.2 Å². The third-order valence-electron chi connectivity index (χ3n) is 2.75. The maximum atomic E-state index is 12.2. The summed E-state index contributed by atoms with van der Waals surface area (Å²) >= 11 is 0. The van der Waals surface area contributed by atoms with Crippen LogP contribution in [0.25, 0.3) is 0 Å². The summed E-state index contributed by atoms with van der Waals surface area (Å²) < 4.78 is 4.69. The number of pyridine rings is 1. The van der Waals surface area contributed by atoms with E-state index in [1.54, 1.807) is 12.1 Å². The third kappa shape index (κ3) is 3.34. The van der Waals surface area contributed by atoms with E-state index in [1.165, 1.54) is 12.5 Å². The molecular weight excluding hydrogens is 256 g/mol. The molecule has 6 heteroatoms. The van der Waals surface area contributed by atoms with Crippen LogP contribution >= 0.6 is 0 Å². The molecule has 0 fully saturated rings. The van der Waals surface area contributed by atoms with Crippen LogP contribution in [-0.4, -0.2) is 22.6 Å². The Kier molecular flexibility index (Phi) is 4.34. The average Bonchev–Trinajstić information content (AvgIpc) is 2.91. The Balaban J connectivity index is 2.27. The van der Waals surface area contributed by atoms with Crippen LogP contribution in [0.5, 0.6) is 0 Å². The highest BCUT2D eigenvalue weighted by molar-refractivity contribution is 6.04. The number of carbonyl (C=O) groups is 1. The number of carbonyl (C=O) groups excluding carboxylic acids is 1. The topological polar surface area (TPSA) is 80.0 Å². The zero-order chi connectivity index (χ0) is 14.5. The van der Waals surface area contributed by atoms with E-state index in [0.717, 1.165) is 12.2 Å². The van der Waals surface area contributed by atoms with Crippen molar-refractivity contribution >= 4 is 17.4 Å². The van der Waals surface area contributed by atoms with Crippen LogP contribution in [0, 0.1) is 0 Å². The van der Waals surface area contributed by atoms with Crippen molar-refractivity contribution in [1.82, 2.24) is 10.1 Å². The van der Waals surface area contributed by atoms with Gasteiger partial charge in [0.15, 0.2) is 0 Å². The van der Waals surface area contributed by atoms with Crippen molar-refractivity contribution in [2.75, 3.05) is 17.2 Å². The van der Waals surface area contributed by atoms with Gasteiger partial charge in [-0.15, -0.1) is 0 Å². The molecule has 0 saturated heterocycles. The summed E-state index contributed by atoms with van der Waals surface area (Å²) in [5, 5.41) is 9.41. The first-order valence-corrected chi connectivity index (χ1v) is 6.56. The normalized spacial score (nSPS) is 10.6. The summed E-state index contributed by atoms with van der Waals surface area (Å²) in [6.07, 6.45) is 2.83. The lowest BCUT2D eigenvalue weighted by Crippen LogP contribution is -2.14. The molecular formula is C14H18N4O2. The molecule has 1 amide bonds. The number of rotatable bonds is 5. The van der Waals surface area contributed by atoms with Crippen LogP contribution in [0.1, 0.15) is 42.7 Å². The van der Waals surface area contributed by atoms with Crippen molar-refractivity contribution in [3.63, 3.8) is 0 Å². The molecule has 0 saturated carbocycles. The number of nitrogens with zero attached hydrogens (tertiary/aromatic N) is 2. The minimum atomic E-state index is -0.211. The van der Waals surface area contributed by atoms with E-state index in [0.29, 0.717) is 17.1 Å². The molecule has 2 heterocycles. The largest absolute Gasteiger partial charge is 0.370 e. The van der Waals surface area contributed by atoms with Gasteiger partial charge in [0.05, 0.1) is 6.20 Å². The van der Waals surface area contributed by atoms with Crippen LogP contribution in [-0.2, 0) is 0 Å². The molecule has 0 unspecified atom stereocenters. The molecule has 0 aliphatic rings. The molecule has 0 bridgehead atoms. The molecule has 106 valence electrons. The van der Waals surface area contributed by atoms with Gasteiger partial charge in [-0.2, -0.15) is 0 Å². The number of hydrogen-bond donors (Lipinski definition) is 2. The van der Waals surface area contributed by atoms with E-state index in [2.05, 4.69) is 25.3 Å². The Morgan fingerprint density at radius 3 is 2.80 bits per heavy atom. The van der Waals surface area contributed by atoms with Gasteiger partial charge in [-0.25, -0.2) is 4.98 Å². The van der Waals surface area contributed by atoms with Gasteiger partial charge in [-0.05, 0) is 25.0 Å². The zero-order valence-electron chi connectivity index (χ0n) is 11.8. The summed E-state index contributed by atoms with van der Waals surface area (Å²) in [6.45, 7) is 6.82. The van der Waals surface area contributed by atoms with Gasteiger partial charge >= 0.3 is 0 Å². The van der Waals surface area contributed by atoms with E-state index in [-0.39, 0.29) is 11.8 Å². The van der Waals surface area contributed by atoms with Crippen LogP contribution in [0.2, 0.25) is 0 Å². The van der Waals surface area contributed by atoms with Gasteiger partial charge in [0, 0.05) is 17.8 Å². The second kappa shape index (κ2) is 6.18. The minimum Gasteiger partial charge on any atom is -0.370 e. The summed E-state index contributed by atoms with van der Waals surface area (Å²) in [4.78, 5) is 16.7. The molecule has 0 aromatic carbocycles. The molecule has 20 heavy (non-hydrogen) atoms. The van der Waals surface area contributed by atoms with Gasteiger partial charge in [0.2, 0.25) is 0 Å². The SMILES string of the molecule is CCNc1cc(C(=O)Nc2cnoc2)cc(C(C)C)n1. The van der Waals surface area contributed by atoms with E-state index in [1.807, 2.05) is 20.8 Å². The number of amides is 1. The van der Waals surface area contributed by atoms with Gasteiger partial charge in [0.1, 0.15) is 17.8 Å². The van der Waals surface area contributed by atoms with E-state index < -0.39 is 0 Å². The molecule has 2 N–H and O–H groups in total. The van der Waals surface area contributed by atoms with Crippen molar-refractivity contribution in [1.29, 1.82) is 0 Å². The Morgan fingerprint density at radius 2 is 2.20 bits per heavy atom. The molecule has 2 aromatic heterocycles. The zero-order valence-corrected chi connectivity index (χ0v) is 11.8. The molecule has 0 radical (unpaired) electrons. The van der Waals surface area contributed by atoms with Gasteiger partial charge in [-0.1, -0.05) is 19.0 Å². The maximum absolute atomic E-state index is 12.2. The lowest BCUT2D eigenvalue weighted by atomic mass is 10.1. The quantitative estimate of drug-likeness (QED) is 0.876. The first kappa shape index (κ1) is 14.0. The summed E-state index contributed by atoms with van der Waals surface area (Å²) in [6, 6.07) is 3.53. The van der Waals surface area contributed by atoms with E-state index in [9.17, 15) is 4.79 Å². The van der Waals surface area contributed by atoms with E-state index >= 15 is 0 Å². The number of anilines is 2. The lowest BCUT2D eigenvalue weighted by Gasteiger charge is -2.11. The number of nitrogens with one attached hydrogen (secondary N) is 2. The first-order valence-electron chi connectivity index (χ1n) is 6.56. The van der Waals surface area contributed by atoms with Crippen molar-refractivity contribution in [2.45, 2.75) is 26.7 Å². The monoisotopic (exact) mass is 274 g/mol. The first-order chi connectivity index (χ1) is 9.60. The molecule has 0 spiro atoms. The Labute approximate surface area is 117 Å².